The van der Waals surface area contributed by atoms with Gasteiger partial charge >= 0.3 is 5.97 Å². The number of allylic oxidation sites excluding steroid dienone is 2. The van der Waals surface area contributed by atoms with Gasteiger partial charge in [-0.2, -0.15) is 0 Å². The lowest BCUT2D eigenvalue weighted by Gasteiger charge is -2.64. The van der Waals surface area contributed by atoms with Crippen molar-refractivity contribution in [2.24, 2.45) is 50.7 Å². The summed E-state index contributed by atoms with van der Waals surface area (Å²) < 4.78 is 27.2. The number of hydrogen-bond acceptors (Lipinski definition) is 12. The van der Waals surface area contributed by atoms with Crippen LogP contribution in [0.3, 0.4) is 0 Å². The van der Waals surface area contributed by atoms with Gasteiger partial charge in [0.05, 0.1) is 35.3 Å². The fourth-order valence-corrected chi connectivity index (χ4v) is 19.8. The number of aromatic hydroxyl groups is 2. The third kappa shape index (κ3) is 6.14. The molecule has 2 aromatic carbocycles. The summed E-state index contributed by atoms with van der Waals surface area (Å²) in [6, 6.07) is 2.31. The summed E-state index contributed by atoms with van der Waals surface area (Å²) in [4.78, 5) is 25.3. The molecule has 13 nitrogen and oxygen atoms in total. The molecule has 13 heteroatoms. The molecule has 378 valence electrons. The Kier molecular flexibility index (Phi) is 10.4. The lowest BCUT2D eigenvalue weighted by molar-refractivity contribution is -0.336. The Labute approximate surface area is 409 Å². The number of benzene rings is 2. The van der Waals surface area contributed by atoms with Crippen LogP contribution in [-0.2, 0) is 14.2 Å². The normalized spacial score (nSPS) is 44.2. The summed E-state index contributed by atoms with van der Waals surface area (Å²) in [6.45, 7) is 3.99. The predicted molar refractivity (Wildman–Crippen MR) is 255 cm³/mol. The summed E-state index contributed by atoms with van der Waals surface area (Å²) in [5, 5.41) is 81.4. The molecular weight excluding hydrogens is 893 g/mol. The summed E-state index contributed by atoms with van der Waals surface area (Å²) in [5.74, 6) is -2.55. The van der Waals surface area contributed by atoms with Crippen LogP contribution in [0.2, 0.25) is 0 Å². The smallest absolute Gasteiger partial charge is 0.335 e. The maximum absolute atomic E-state index is 12.9. The van der Waals surface area contributed by atoms with E-state index >= 15 is 0 Å². The first-order valence-electron chi connectivity index (χ1n) is 27.0. The minimum Gasteiger partial charge on any atom is -0.507 e. The van der Waals surface area contributed by atoms with E-state index in [1.807, 2.05) is 0 Å². The molecule has 15 atom stereocenters. The molecule has 0 amide bonds. The Morgan fingerprint density at radius 3 is 2.34 bits per heavy atom. The molecule has 6 saturated carbocycles. The molecule has 0 aromatic heterocycles. The molecule has 3 saturated heterocycles. The third-order valence-electron chi connectivity index (χ3n) is 22.2. The second-order valence-corrected chi connectivity index (χ2v) is 25.2. The van der Waals surface area contributed by atoms with Gasteiger partial charge < -0.3 is 54.7 Å². The number of carboxylic acids is 1. The highest BCUT2D eigenvalue weighted by atomic mass is 16.7. The van der Waals surface area contributed by atoms with E-state index in [1.165, 1.54) is 115 Å². The van der Waals surface area contributed by atoms with Crippen molar-refractivity contribution < 1.29 is 64.3 Å². The number of aromatic carboxylic acids is 1. The number of carboxylic acid groups (broad SMARTS) is 1. The van der Waals surface area contributed by atoms with Crippen molar-refractivity contribution in [1.29, 1.82) is 0 Å². The quantitative estimate of drug-likeness (QED) is 0.107. The van der Waals surface area contributed by atoms with Crippen molar-refractivity contribution in [3.8, 4) is 17.2 Å². The molecule has 13 rings (SSSR count). The Balaban J connectivity index is 0.889. The Hall–Kier alpha value is -3.56. The first-order valence-corrected chi connectivity index (χ1v) is 27.0. The van der Waals surface area contributed by atoms with Crippen molar-refractivity contribution in [2.75, 3.05) is 19.8 Å². The van der Waals surface area contributed by atoms with Crippen molar-refractivity contribution >= 4 is 22.5 Å². The number of phenols is 2. The molecule has 0 unspecified atom stereocenters. The van der Waals surface area contributed by atoms with Crippen LogP contribution in [0.15, 0.2) is 34.9 Å². The highest BCUT2D eigenvalue weighted by Crippen LogP contribution is 2.78. The SMILES string of the molecule is CC(=O)c1c(C)c(O)c2cc(C(=O)O)cc(O[C@@H]3O[C@@H]4[C@@H](O)CC[C@H]5O[C@@]4(C[C@@H]4C6=C5CC=C6[C@]5(CCO)COC[C@@H]6C[C@@]7(CC[C@@]8(CCC[C@]89CCC8(CCCC8)C9)C7)C[C@H]4[C@H]65)[C@H](O)[C@H]3O)c2c1O. The number of fused-ring (bicyclic) bond motifs is 6. The minimum atomic E-state index is -1.78. The molecule has 4 heterocycles. The molecule has 9 fully saturated rings. The monoisotopic (exact) mass is 964 g/mol. The fraction of sp³-hybridized carbons (Fsp3) is 0.719. The van der Waals surface area contributed by atoms with E-state index in [-0.39, 0.29) is 81.2 Å². The molecule has 70 heavy (non-hydrogen) atoms. The van der Waals surface area contributed by atoms with E-state index in [0.29, 0.717) is 54.6 Å². The van der Waals surface area contributed by atoms with Crippen LogP contribution in [0.5, 0.6) is 17.2 Å². The van der Waals surface area contributed by atoms with Gasteiger partial charge in [-0.3, -0.25) is 4.79 Å². The number of phenolic OH excluding ortho intramolecular Hbond substituents is 2. The average Bonchev–Trinajstić information content (AvgIpc) is 4.17. The van der Waals surface area contributed by atoms with Gasteiger partial charge in [-0.05, 0) is 197 Å². The number of aliphatic hydroxyl groups is 4. The summed E-state index contributed by atoms with van der Waals surface area (Å²) in [7, 11) is 0. The largest absolute Gasteiger partial charge is 0.507 e. The number of carbonyl (C=O) groups is 2. The zero-order valence-corrected chi connectivity index (χ0v) is 40.8. The van der Waals surface area contributed by atoms with Gasteiger partial charge in [0.15, 0.2) is 5.78 Å². The van der Waals surface area contributed by atoms with E-state index in [1.54, 1.807) is 0 Å². The van der Waals surface area contributed by atoms with Crippen LogP contribution in [0.1, 0.15) is 162 Å². The van der Waals surface area contributed by atoms with Crippen LogP contribution in [0, 0.1) is 57.7 Å². The van der Waals surface area contributed by atoms with Crippen molar-refractivity contribution in [1.82, 2.24) is 0 Å². The van der Waals surface area contributed by atoms with Crippen LogP contribution < -0.4 is 4.74 Å². The number of aliphatic hydroxyl groups excluding tert-OH is 4. The van der Waals surface area contributed by atoms with Crippen LogP contribution in [0.25, 0.3) is 10.8 Å². The highest BCUT2D eigenvalue weighted by molar-refractivity contribution is 6.11. The lowest BCUT2D eigenvalue weighted by Crippen LogP contribution is -2.71. The molecule has 2 bridgehead atoms. The summed E-state index contributed by atoms with van der Waals surface area (Å²) in [6.07, 6.45) is 16.5. The molecule has 7 N–H and O–H groups in total. The van der Waals surface area contributed by atoms with Gasteiger partial charge in [-0.25, -0.2) is 4.79 Å². The Morgan fingerprint density at radius 2 is 1.61 bits per heavy atom. The van der Waals surface area contributed by atoms with Gasteiger partial charge in [0, 0.05) is 29.6 Å². The van der Waals surface area contributed by atoms with E-state index in [9.17, 15) is 45.3 Å². The van der Waals surface area contributed by atoms with Crippen molar-refractivity contribution in [3.05, 3.63) is 51.6 Å². The van der Waals surface area contributed by atoms with Crippen LogP contribution in [0.4, 0.5) is 0 Å². The zero-order chi connectivity index (χ0) is 48.5. The first-order chi connectivity index (χ1) is 33.5. The van der Waals surface area contributed by atoms with Gasteiger partial charge in [-0.15, -0.1) is 0 Å². The van der Waals surface area contributed by atoms with E-state index < -0.39 is 65.7 Å². The van der Waals surface area contributed by atoms with Gasteiger partial charge in [0.1, 0.15) is 41.2 Å². The molecule has 4 aliphatic heterocycles. The number of ether oxygens (including phenoxy) is 4. The van der Waals surface area contributed by atoms with Crippen LogP contribution >= 0.6 is 0 Å². The molecule has 2 aromatic rings. The van der Waals surface area contributed by atoms with E-state index in [4.69, 9.17) is 18.9 Å². The number of hydrogen-bond donors (Lipinski definition) is 7. The van der Waals surface area contributed by atoms with E-state index in [2.05, 4.69) is 6.08 Å². The maximum Gasteiger partial charge on any atom is 0.335 e. The van der Waals surface area contributed by atoms with Gasteiger partial charge in [0.25, 0.3) is 0 Å². The molecular formula is C57H72O13. The Morgan fingerprint density at radius 1 is 0.871 bits per heavy atom. The molecule has 11 aliphatic rings. The van der Waals surface area contributed by atoms with Crippen molar-refractivity contribution in [3.63, 3.8) is 0 Å². The summed E-state index contributed by atoms with van der Waals surface area (Å²) >= 11 is 0. The van der Waals surface area contributed by atoms with Crippen LogP contribution in [-0.4, -0.2) is 110 Å². The average molecular weight is 965 g/mol. The summed E-state index contributed by atoms with van der Waals surface area (Å²) in [5.41, 5.74) is 2.83. The molecule has 5 spiro atoms. The highest BCUT2D eigenvalue weighted by Gasteiger charge is 2.72. The number of carbonyl (C=O) groups excluding carboxylic acids is 1. The molecule has 0 radical (unpaired) electrons. The zero-order valence-electron chi connectivity index (χ0n) is 40.8. The topological polar surface area (TPSA) is 213 Å². The van der Waals surface area contributed by atoms with Gasteiger partial charge in [-0.1, -0.05) is 25.3 Å². The molecule has 7 aliphatic carbocycles. The second kappa shape index (κ2) is 15.7. The standard InChI is InChI=1S/C57H72O13/c1-29-41(30(2)59)46(62)43-34(45(29)61)20-31(50(65)66)21-40(43)68-51-47(63)48(64)57-24-35-36-23-53(15-17-55(27-53)13-5-12-54(55)16-14-52(26-54)10-3-4-11-52)22-32-25-67-28-56(18-19-58,44(32)36)37-7-6-33(42(35)37)39(70-57)9-8-38(60)49(57)69-51/h7,20-21,32,35-36,38-39,44,47-49,51,58,60-64H,3-6,8-19,22-28H2,1-2H3,(H,65,66)/t32-,35-,36+,38-,39+,44-,47+,48+,49+,51+,53-,54+,55-,56-,57-/m0/s1. The lowest BCUT2D eigenvalue weighted by atomic mass is 9.42. The number of ketones is 1. The van der Waals surface area contributed by atoms with Gasteiger partial charge in [0.2, 0.25) is 6.29 Å². The Bertz CT molecular complexity index is 2630. The second-order valence-electron chi connectivity index (χ2n) is 25.2. The number of Topliss-reactive ketones (excluding diaryl/α,β-unsaturated/α-hetero) is 1. The fourth-order valence-electron chi connectivity index (χ4n) is 19.8. The first kappa shape index (κ1) is 46.2. The predicted octanol–water partition coefficient (Wildman–Crippen LogP) is 8.34. The minimum absolute atomic E-state index is 0.0540. The van der Waals surface area contributed by atoms with Crippen molar-refractivity contribution in [2.45, 2.75) is 185 Å². The van der Waals surface area contributed by atoms with E-state index in [0.717, 1.165) is 24.5 Å². The maximum atomic E-state index is 12.9. The third-order valence-corrected chi connectivity index (χ3v) is 22.2. The number of rotatable bonds is 6.